The van der Waals surface area contributed by atoms with Gasteiger partial charge in [-0.25, -0.2) is 0 Å². The summed E-state index contributed by atoms with van der Waals surface area (Å²) in [5.74, 6) is 2.25. The van der Waals surface area contributed by atoms with Crippen LogP contribution in [0.4, 0.5) is 0 Å². The fraction of sp³-hybridized carbons (Fsp3) is 0.0602. The molecule has 4 heterocycles. The number of nitrogens with zero attached hydrogens (tertiary/aromatic N) is 5. The maximum atomic E-state index is 7.30. The summed E-state index contributed by atoms with van der Waals surface area (Å²) in [5, 5.41) is 4.49. The minimum absolute atomic E-state index is 0.0684. The average molecular weight is 1340 g/mol. The smallest absolute Gasteiger partial charge is 0.0579 e. The van der Waals surface area contributed by atoms with Crippen molar-refractivity contribution >= 4 is 60.2 Å². The summed E-state index contributed by atoms with van der Waals surface area (Å²) in [4.78, 5) is 5.23. The van der Waals surface area contributed by atoms with Gasteiger partial charge in [-0.2, -0.15) is 0 Å². The van der Waals surface area contributed by atoms with Gasteiger partial charge in [0.2, 0.25) is 0 Å². The van der Waals surface area contributed by atoms with E-state index in [1.165, 1.54) is 5.56 Å². The Hall–Kier alpha value is -10.7. The van der Waals surface area contributed by atoms with E-state index in [-0.39, 0.29) is 5.41 Å². The molecule has 0 spiro atoms. The summed E-state index contributed by atoms with van der Waals surface area (Å²) in [5.41, 5.74) is 23.2. The van der Waals surface area contributed by atoms with Crippen molar-refractivity contribution in [2.24, 2.45) is 0 Å². The van der Waals surface area contributed by atoms with Crippen LogP contribution in [-0.2, 0) is 24.8 Å². The van der Waals surface area contributed by atoms with E-state index >= 15 is 0 Å². The quantitative estimate of drug-likeness (QED) is 0.137. The summed E-state index contributed by atoms with van der Waals surface area (Å²) in [6.45, 7) is 8.95. The summed E-state index contributed by atoms with van der Waals surface area (Å²) >= 11 is 2.60. The van der Waals surface area contributed by atoms with Gasteiger partial charge in [-0.3, -0.25) is 0 Å². The van der Waals surface area contributed by atoms with Gasteiger partial charge < -0.3 is 0 Å². The Labute approximate surface area is 533 Å². The second-order valence-corrected chi connectivity index (χ2v) is 25.4. The van der Waals surface area contributed by atoms with Crippen LogP contribution in [-0.4, -0.2) is 23.1 Å². The van der Waals surface area contributed by atoms with Crippen molar-refractivity contribution < 1.29 is 24.1 Å². The number of ether oxygens (including phenoxy) is 1. The molecule has 16 aromatic rings. The van der Waals surface area contributed by atoms with Gasteiger partial charge in [0.15, 0.2) is 0 Å². The van der Waals surface area contributed by atoms with E-state index in [4.69, 9.17) is 9.72 Å². The van der Waals surface area contributed by atoms with Gasteiger partial charge in [-0.15, -0.1) is 0 Å². The number of imidazole rings is 1. The molecule has 0 bridgehead atoms. The molecule has 0 atom stereocenters. The zero-order valence-corrected chi connectivity index (χ0v) is 52.5. The van der Waals surface area contributed by atoms with Crippen molar-refractivity contribution in [1.82, 2.24) is 23.1 Å². The van der Waals surface area contributed by atoms with E-state index in [1.807, 2.05) is 6.20 Å². The van der Waals surface area contributed by atoms with Crippen LogP contribution in [0.1, 0.15) is 31.9 Å². The van der Waals surface area contributed by atoms with Crippen molar-refractivity contribution in [3.63, 3.8) is 0 Å². The molecule has 0 aliphatic heterocycles. The number of benzene rings is 12. The van der Waals surface area contributed by atoms with Crippen molar-refractivity contribution in [2.45, 2.75) is 33.1 Å². The molecule has 12 aromatic carbocycles. The molecular weight excluding hydrogens is 1280 g/mol. The van der Waals surface area contributed by atoms with E-state index in [2.05, 4.69) is 356 Å². The summed E-state index contributed by atoms with van der Waals surface area (Å²) in [6, 6.07) is 105. The number of hydrogen-bond acceptors (Lipinski definition) is 2. The van der Waals surface area contributed by atoms with Crippen LogP contribution < -0.4 is 4.74 Å². The van der Waals surface area contributed by atoms with E-state index < -0.39 is 0 Å². The molecule has 90 heavy (non-hydrogen) atoms. The Morgan fingerprint density at radius 3 is 1.44 bits per heavy atom. The summed E-state index contributed by atoms with van der Waals surface area (Å²) in [7, 11) is 0. The Balaban J connectivity index is 0.965. The molecule has 6 nitrogen and oxygen atoms in total. The Kier molecular flexibility index (Phi) is 13.5. The third-order valence-corrected chi connectivity index (χ3v) is 18.8. The summed E-state index contributed by atoms with van der Waals surface area (Å²) < 4.78 is 18.0. The normalized spacial score (nSPS) is 11.8. The third kappa shape index (κ3) is 9.46. The first kappa shape index (κ1) is 54.7. The maximum absolute atomic E-state index is 7.30. The molecule has 434 valence electrons. The topological polar surface area (TPSA) is 41.3 Å². The average Bonchev–Trinajstić information content (AvgIpc) is 1.50. The number of hydrogen-bond donors (Lipinski definition) is 0. The van der Waals surface area contributed by atoms with E-state index in [0.29, 0.717) is 11.5 Å². The van der Waals surface area contributed by atoms with Crippen LogP contribution in [0.2, 0.25) is 0 Å². The molecular formula is C83H61N5OPt. The third-order valence-electron chi connectivity index (χ3n) is 17.8. The number of para-hydroxylation sites is 4. The minimum Gasteiger partial charge on any atom is -0.0579 e. The molecule has 0 saturated carbocycles. The van der Waals surface area contributed by atoms with Crippen LogP contribution >= 0.6 is 0 Å². The summed E-state index contributed by atoms with van der Waals surface area (Å²) in [6.07, 6.45) is 2.03. The van der Waals surface area contributed by atoms with Gasteiger partial charge in [0, 0.05) is 11.8 Å². The zero-order valence-electron chi connectivity index (χ0n) is 50.3. The van der Waals surface area contributed by atoms with Gasteiger partial charge in [0.25, 0.3) is 0 Å². The van der Waals surface area contributed by atoms with Crippen molar-refractivity contribution in [1.29, 1.82) is 0 Å². The van der Waals surface area contributed by atoms with Crippen molar-refractivity contribution in [3.05, 3.63) is 312 Å². The first-order chi connectivity index (χ1) is 44.1. The first-order valence-electron chi connectivity index (χ1n) is 30.7. The van der Waals surface area contributed by atoms with Crippen LogP contribution in [0.25, 0.3) is 133 Å². The number of rotatable bonds is 10. The predicted octanol–water partition coefficient (Wildman–Crippen LogP) is 21.8. The van der Waals surface area contributed by atoms with Gasteiger partial charge >= 0.3 is 439 Å². The molecule has 16 rings (SSSR count). The monoisotopic (exact) mass is 1340 g/mol. The molecule has 0 N–H and O–H groups in total. The van der Waals surface area contributed by atoms with Crippen molar-refractivity contribution in [3.8, 4) is 84.3 Å². The molecule has 0 radical (unpaired) electrons. The molecule has 0 aliphatic rings. The van der Waals surface area contributed by atoms with Crippen LogP contribution in [0.5, 0.6) is 11.5 Å². The molecule has 0 saturated heterocycles. The number of pyridine rings is 1. The SMILES string of the molecule is Cc1cc(-n2c3ccccc3c3ccc(Oc4ccc5c(c4)n4[c](=[Pt])n(-c6c(-c7ccccc7)cccc6-c6ccccc6)c6cccc(c7ccccc7n5-c5cc(-c7ccccc7)cc(-c7ccccc7)c5)c64)cc32)ncc1-c1ccc(C(C)(C)C)cc1. The van der Waals surface area contributed by atoms with Crippen LogP contribution in [0.3, 0.4) is 0 Å². The Bertz CT molecular complexity index is 5440. The number of aryl methyl sites for hydroxylation is 1. The molecule has 0 amide bonds. The fourth-order valence-electron chi connectivity index (χ4n) is 13.4. The zero-order chi connectivity index (χ0) is 60.6. The molecule has 0 unspecified atom stereocenters. The van der Waals surface area contributed by atoms with Gasteiger partial charge in [-0.1, -0.05) is 57.2 Å². The van der Waals surface area contributed by atoms with Gasteiger partial charge in [-0.05, 0) is 29.0 Å². The second-order valence-electron chi connectivity index (χ2n) is 24.3. The Morgan fingerprint density at radius 2 is 0.844 bits per heavy atom. The molecule has 4 aromatic heterocycles. The fourth-order valence-corrected chi connectivity index (χ4v) is 14.5. The van der Waals surface area contributed by atoms with Crippen molar-refractivity contribution in [2.75, 3.05) is 0 Å². The molecule has 0 fully saturated rings. The van der Waals surface area contributed by atoms with Gasteiger partial charge in [0.1, 0.15) is 0 Å². The standard InChI is InChI=1S/C83H61N5O.Pt/c1-55-47-80(84-53-73(55)60-39-41-63(42-40-60)83(2,3)4)88-75-37-20-17-31-69(75)71-45-43-65(51-78(71)88)89-66-44-46-76-79(52-66)86-54-85(81-67(58-27-13-7-14-28-58)33-21-34-68(81)59-29-15-8-16-30-59)77-38-22-35-72(82(77)86)70-32-18-19-36-74(70)87(76)64-49-61(56-23-9-5-10-24-56)48-62(50-64)57-25-11-6-12-26-57;/h5-53H,1-4H3;. The number of fused-ring (bicyclic) bond motifs is 7. The predicted molar refractivity (Wildman–Crippen MR) is 370 cm³/mol. The minimum atomic E-state index is 0.0684. The molecule has 0 aliphatic carbocycles. The van der Waals surface area contributed by atoms with Gasteiger partial charge in [0.05, 0.1) is 0 Å². The van der Waals surface area contributed by atoms with E-state index in [9.17, 15) is 0 Å². The first-order valence-corrected chi connectivity index (χ1v) is 31.8. The van der Waals surface area contributed by atoms with E-state index in [1.54, 1.807) is 0 Å². The molecule has 7 heteroatoms. The Morgan fingerprint density at radius 1 is 0.356 bits per heavy atom. The number of aromatic nitrogens is 5. The van der Waals surface area contributed by atoms with Crippen LogP contribution in [0.15, 0.2) is 297 Å². The second kappa shape index (κ2) is 22.2. The van der Waals surface area contributed by atoms with E-state index in [0.717, 1.165) is 142 Å². The van der Waals surface area contributed by atoms with Crippen LogP contribution in [0, 0.1) is 10.7 Å².